The van der Waals surface area contributed by atoms with Gasteiger partial charge in [0.1, 0.15) is 0 Å². The summed E-state index contributed by atoms with van der Waals surface area (Å²) in [6.07, 6.45) is 7.66. The van der Waals surface area contributed by atoms with E-state index in [0.717, 1.165) is 28.9 Å². The Kier molecular flexibility index (Phi) is 5.81. The molecule has 138 valence electrons. The molecule has 0 unspecified atom stereocenters. The third kappa shape index (κ3) is 4.91. The number of nitrogens with one attached hydrogen (secondary N) is 1. The van der Waals surface area contributed by atoms with E-state index >= 15 is 0 Å². The molecule has 0 saturated heterocycles. The van der Waals surface area contributed by atoms with Crippen LogP contribution in [0.1, 0.15) is 27.0 Å². The predicted octanol–water partition coefficient (Wildman–Crippen LogP) is 4.15. The average molecular weight is 360 g/mol. The second-order valence-electron chi connectivity index (χ2n) is 6.74. The zero-order chi connectivity index (χ0) is 19.2. The van der Waals surface area contributed by atoms with E-state index < -0.39 is 0 Å². The molecule has 27 heavy (non-hydrogen) atoms. The van der Waals surface area contributed by atoms with Gasteiger partial charge in [0.25, 0.3) is 5.91 Å². The highest BCUT2D eigenvalue weighted by Gasteiger charge is 2.13. The fourth-order valence-corrected chi connectivity index (χ4v) is 2.90. The molecule has 0 radical (unpaired) electrons. The number of hydrogen-bond acceptors (Lipinski definition) is 4. The number of likely N-dealkylation sites (N-methyl/N-ethyl adjacent to an activating group) is 1. The maximum absolute atomic E-state index is 12.7. The van der Waals surface area contributed by atoms with Crippen molar-refractivity contribution in [3.8, 4) is 0 Å². The largest absolute Gasteiger partial charge is 0.354 e. The molecule has 0 aliphatic carbocycles. The molecule has 0 atom stereocenters. The molecule has 0 bridgehead atoms. The van der Waals surface area contributed by atoms with Crippen LogP contribution in [-0.2, 0) is 6.42 Å². The molecule has 5 nitrogen and oxygen atoms in total. The van der Waals surface area contributed by atoms with Crippen molar-refractivity contribution in [2.45, 2.75) is 20.3 Å². The first kappa shape index (κ1) is 18.6. The van der Waals surface area contributed by atoms with E-state index in [-0.39, 0.29) is 5.91 Å². The number of amides is 1. The van der Waals surface area contributed by atoms with Gasteiger partial charge in [-0.3, -0.25) is 14.8 Å². The third-order valence-corrected chi connectivity index (χ3v) is 4.48. The van der Waals surface area contributed by atoms with Crippen LogP contribution in [0.3, 0.4) is 0 Å². The molecule has 3 rings (SSSR count). The zero-order valence-corrected chi connectivity index (χ0v) is 15.9. The lowest BCUT2D eigenvalue weighted by molar-refractivity contribution is 0.0796. The summed E-state index contributed by atoms with van der Waals surface area (Å²) in [5.74, 6) is -0.0409. The van der Waals surface area contributed by atoms with E-state index in [1.54, 1.807) is 29.7 Å². The lowest BCUT2D eigenvalue weighted by Gasteiger charge is -2.18. The summed E-state index contributed by atoms with van der Waals surface area (Å²) in [5.41, 5.74) is 5.92. The number of nitrogens with zero attached hydrogens (tertiary/aromatic N) is 3. The Morgan fingerprint density at radius 2 is 1.81 bits per heavy atom. The van der Waals surface area contributed by atoms with E-state index in [9.17, 15) is 4.79 Å². The van der Waals surface area contributed by atoms with Gasteiger partial charge in [0, 0.05) is 37.9 Å². The molecule has 0 aliphatic rings. The maximum atomic E-state index is 12.7. The van der Waals surface area contributed by atoms with Crippen molar-refractivity contribution in [3.05, 3.63) is 83.4 Å². The Labute approximate surface area is 160 Å². The van der Waals surface area contributed by atoms with Gasteiger partial charge in [0.2, 0.25) is 0 Å². The third-order valence-electron chi connectivity index (χ3n) is 4.48. The highest BCUT2D eigenvalue weighted by molar-refractivity contribution is 5.94. The lowest BCUT2D eigenvalue weighted by atomic mass is 10.1. The van der Waals surface area contributed by atoms with Gasteiger partial charge in [-0.15, -0.1) is 0 Å². The van der Waals surface area contributed by atoms with Crippen LogP contribution in [-0.4, -0.2) is 34.4 Å². The van der Waals surface area contributed by atoms with Crippen LogP contribution in [0.5, 0.6) is 0 Å². The van der Waals surface area contributed by atoms with Gasteiger partial charge in [-0.2, -0.15) is 0 Å². The van der Waals surface area contributed by atoms with Gasteiger partial charge in [-0.25, -0.2) is 0 Å². The van der Waals surface area contributed by atoms with Crippen LogP contribution in [0.4, 0.5) is 11.4 Å². The van der Waals surface area contributed by atoms with Crippen LogP contribution in [0, 0.1) is 13.8 Å². The predicted molar refractivity (Wildman–Crippen MR) is 108 cm³/mol. The minimum atomic E-state index is -0.0409. The summed E-state index contributed by atoms with van der Waals surface area (Å²) < 4.78 is 0. The molecule has 0 aliphatic heterocycles. The molecule has 3 aromatic rings. The van der Waals surface area contributed by atoms with Crippen LogP contribution in [0.15, 0.2) is 61.2 Å². The van der Waals surface area contributed by atoms with E-state index in [4.69, 9.17) is 0 Å². The lowest BCUT2D eigenvalue weighted by Crippen LogP contribution is -2.29. The molecule has 2 aromatic heterocycles. The van der Waals surface area contributed by atoms with Crippen LogP contribution in [0.2, 0.25) is 0 Å². The molecule has 1 N–H and O–H groups in total. The smallest absolute Gasteiger partial charge is 0.255 e. The van der Waals surface area contributed by atoms with E-state index in [0.29, 0.717) is 12.1 Å². The summed E-state index contributed by atoms with van der Waals surface area (Å²) >= 11 is 0. The molecule has 1 aromatic carbocycles. The van der Waals surface area contributed by atoms with Crippen molar-refractivity contribution < 1.29 is 4.79 Å². The Bertz CT molecular complexity index is 925. The van der Waals surface area contributed by atoms with E-state index in [1.165, 1.54) is 5.56 Å². The summed E-state index contributed by atoms with van der Waals surface area (Å²) in [6, 6.07) is 12.0. The summed E-state index contributed by atoms with van der Waals surface area (Å²) in [6.45, 7) is 4.77. The first-order chi connectivity index (χ1) is 13.0. The average Bonchev–Trinajstić information content (AvgIpc) is 2.69. The maximum Gasteiger partial charge on any atom is 0.255 e. The number of anilines is 2. The van der Waals surface area contributed by atoms with Gasteiger partial charge in [-0.05, 0) is 55.7 Å². The normalized spacial score (nSPS) is 10.5. The van der Waals surface area contributed by atoms with Crippen LogP contribution < -0.4 is 5.32 Å². The van der Waals surface area contributed by atoms with Crippen molar-refractivity contribution in [3.63, 3.8) is 0 Å². The monoisotopic (exact) mass is 360 g/mol. The number of aryl methyl sites for hydroxylation is 2. The molecule has 0 spiro atoms. The fraction of sp³-hybridized carbons (Fsp3) is 0.227. The van der Waals surface area contributed by atoms with E-state index in [2.05, 4.69) is 41.3 Å². The summed E-state index contributed by atoms with van der Waals surface area (Å²) in [5, 5.41) is 3.35. The molecular formula is C22H24N4O. The number of carbonyl (C=O) groups excluding carboxylic acids is 1. The zero-order valence-electron chi connectivity index (χ0n) is 15.9. The second kappa shape index (κ2) is 8.45. The first-order valence-corrected chi connectivity index (χ1v) is 8.96. The number of rotatable bonds is 6. The van der Waals surface area contributed by atoms with Crippen molar-refractivity contribution >= 4 is 17.3 Å². The summed E-state index contributed by atoms with van der Waals surface area (Å²) in [7, 11) is 1.81. The van der Waals surface area contributed by atoms with Gasteiger partial charge in [-0.1, -0.05) is 17.7 Å². The molecule has 0 fully saturated rings. The minimum Gasteiger partial charge on any atom is -0.354 e. The molecule has 2 heterocycles. The molecular weight excluding hydrogens is 336 g/mol. The van der Waals surface area contributed by atoms with Gasteiger partial charge in [0.05, 0.1) is 17.4 Å². The molecule has 0 saturated carbocycles. The fourth-order valence-electron chi connectivity index (χ4n) is 2.90. The Morgan fingerprint density at radius 3 is 2.56 bits per heavy atom. The van der Waals surface area contributed by atoms with Crippen molar-refractivity contribution in [1.29, 1.82) is 0 Å². The number of benzene rings is 1. The van der Waals surface area contributed by atoms with Gasteiger partial charge < -0.3 is 10.2 Å². The highest BCUT2D eigenvalue weighted by atomic mass is 16.2. The number of carbonyl (C=O) groups is 1. The Hall–Kier alpha value is -3.21. The van der Waals surface area contributed by atoms with Gasteiger partial charge >= 0.3 is 0 Å². The Balaban J connectivity index is 1.67. The number of aromatic nitrogens is 2. The van der Waals surface area contributed by atoms with Crippen molar-refractivity contribution in [2.75, 3.05) is 18.9 Å². The van der Waals surface area contributed by atoms with Crippen molar-refractivity contribution in [2.24, 2.45) is 0 Å². The van der Waals surface area contributed by atoms with Gasteiger partial charge in [0.15, 0.2) is 0 Å². The van der Waals surface area contributed by atoms with Crippen LogP contribution in [0.25, 0.3) is 0 Å². The molecule has 5 heteroatoms. The quantitative estimate of drug-likeness (QED) is 0.717. The Morgan fingerprint density at radius 1 is 1.04 bits per heavy atom. The number of hydrogen-bond donors (Lipinski definition) is 1. The topological polar surface area (TPSA) is 58.1 Å². The number of pyridine rings is 2. The van der Waals surface area contributed by atoms with Crippen LogP contribution >= 0.6 is 0 Å². The highest BCUT2D eigenvalue weighted by Crippen LogP contribution is 2.22. The minimum absolute atomic E-state index is 0.0409. The van der Waals surface area contributed by atoms with E-state index in [1.807, 2.05) is 31.3 Å². The first-order valence-electron chi connectivity index (χ1n) is 8.96. The summed E-state index contributed by atoms with van der Waals surface area (Å²) in [4.78, 5) is 22.7. The second-order valence-corrected chi connectivity index (χ2v) is 6.74. The van der Waals surface area contributed by atoms with Crippen molar-refractivity contribution in [1.82, 2.24) is 14.9 Å². The molecule has 1 amide bonds. The standard InChI is InChI=1S/C22H24N4O/c1-16-4-5-21(17(2)12-16)25-20-13-19(14-24-15-20)22(27)26(3)11-8-18-6-9-23-10-7-18/h4-7,9-10,12-15,25H,8,11H2,1-3H3. The SMILES string of the molecule is Cc1ccc(Nc2cncc(C(=O)N(C)CCc3ccncc3)c2)c(C)c1.